The van der Waals surface area contributed by atoms with Crippen molar-refractivity contribution in [2.75, 3.05) is 47.6 Å². The van der Waals surface area contributed by atoms with Crippen LogP contribution in [-0.4, -0.2) is 66.1 Å². The highest BCUT2D eigenvalue weighted by atomic mass is 19.4. The number of fused-ring (bicyclic) bond motifs is 1. The molecule has 2 atom stereocenters. The highest BCUT2D eigenvalue weighted by Gasteiger charge is 2.42. The molecule has 272 valence electrons. The summed E-state index contributed by atoms with van der Waals surface area (Å²) in [6, 6.07) is 5.75. The van der Waals surface area contributed by atoms with E-state index < -0.39 is 47.6 Å². The minimum atomic E-state index is -4.79. The Morgan fingerprint density at radius 2 is 1.73 bits per heavy atom. The van der Waals surface area contributed by atoms with Gasteiger partial charge in [0.15, 0.2) is 0 Å². The molecule has 1 saturated heterocycles. The summed E-state index contributed by atoms with van der Waals surface area (Å²) < 4.78 is 94.9. The van der Waals surface area contributed by atoms with Crippen molar-refractivity contribution in [3.63, 3.8) is 0 Å². The third-order valence-corrected chi connectivity index (χ3v) is 8.70. The number of nitriles is 1. The van der Waals surface area contributed by atoms with Gasteiger partial charge in [-0.2, -0.15) is 31.6 Å². The SMILES string of the molecule is CC[C@@H]1C[C@H](N(Cc2cc(C#N)cc(C(F)(F)F)c2)c2ncc(N3CCOCC3)cn2)c2cc(C(F)(F)F)ccc2N1C(=O)OCCCC(=O)O. The maximum atomic E-state index is 14.1. The highest BCUT2D eigenvalue weighted by Crippen LogP contribution is 2.46. The monoisotopic (exact) mass is 720 g/mol. The predicted molar refractivity (Wildman–Crippen MR) is 171 cm³/mol. The number of ether oxygens (including phenoxy) is 2. The van der Waals surface area contributed by atoms with E-state index in [2.05, 4.69) is 9.97 Å². The Balaban J connectivity index is 1.63. The lowest BCUT2D eigenvalue weighted by atomic mass is 9.87. The van der Waals surface area contributed by atoms with Gasteiger partial charge in [0.1, 0.15) is 0 Å². The third kappa shape index (κ3) is 8.80. The van der Waals surface area contributed by atoms with Gasteiger partial charge >= 0.3 is 24.4 Å². The molecule has 1 N–H and O–H groups in total. The molecule has 51 heavy (non-hydrogen) atoms. The van der Waals surface area contributed by atoms with Crippen LogP contribution in [0.3, 0.4) is 0 Å². The van der Waals surface area contributed by atoms with Crippen LogP contribution >= 0.6 is 0 Å². The Kier molecular flexibility index (Phi) is 11.2. The second-order valence-corrected chi connectivity index (χ2v) is 12.1. The summed E-state index contributed by atoms with van der Waals surface area (Å²) in [5.74, 6) is -1.10. The summed E-state index contributed by atoms with van der Waals surface area (Å²) in [7, 11) is 0. The van der Waals surface area contributed by atoms with E-state index in [1.807, 2.05) is 4.90 Å². The Labute approximate surface area is 289 Å². The number of halogens is 6. The average Bonchev–Trinajstić information content (AvgIpc) is 3.11. The van der Waals surface area contributed by atoms with E-state index in [1.165, 1.54) is 28.3 Å². The fraction of sp³-hybridized carbons (Fsp3) is 0.441. The Morgan fingerprint density at radius 1 is 1.04 bits per heavy atom. The number of carboxylic acids is 1. The quantitative estimate of drug-likeness (QED) is 0.173. The Morgan fingerprint density at radius 3 is 2.33 bits per heavy atom. The van der Waals surface area contributed by atoms with Crippen molar-refractivity contribution >= 4 is 29.4 Å². The lowest BCUT2D eigenvalue weighted by molar-refractivity contribution is -0.138. The first-order valence-corrected chi connectivity index (χ1v) is 16.1. The molecule has 1 aromatic heterocycles. The first kappa shape index (κ1) is 37.2. The fourth-order valence-electron chi connectivity index (χ4n) is 6.22. The van der Waals surface area contributed by atoms with E-state index in [4.69, 9.17) is 14.6 Å². The van der Waals surface area contributed by atoms with Crippen LogP contribution in [0.15, 0.2) is 48.8 Å². The van der Waals surface area contributed by atoms with Crippen LogP contribution in [0.1, 0.15) is 66.5 Å². The number of benzene rings is 2. The number of hydrogen-bond acceptors (Lipinski definition) is 9. The van der Waals surface area contributed by atoms with Crippen LogP contribution < -0.4 is 14.7 Å². The summed E-state index contributed by atoms with van der Waals surface area (Å²) in [6.45, 7) is 3.24. The first-order chi connectivity index (χ1) is 24.2. The van der Waals surface area contributed by atoms with E-state index in [-0.39, 0.29) is 60.7 Å². The molecule has 0 radical (unpaired) electrons. The summed E-state index contributed by atoms with van der Waals surface area (Å²) in [4.78, 5) is 38.1. The normalized spacial score (nSPS) is 17.8. The van der Waals surface area contributed by atoms with Gasteiger partial charge in [-0.15, -0.1) is 0 Å². The second-order valence-electron chi connectivity index (χ2n) is 12.1. The molecule has 5 rings (SSSR count). The Bertz CT molecular complexity index is 1760. The van der Waals surface area contributed by atoms with E-state index in [0.717, 1.165) is 24.3 Å². The van der Waals surface area contributed by atoms with Gasteiger partial charge in [0.2, 0.25) is 5.95 Å². The van der Waals surface area contributed by atoms with E-state index >= 15 is 0 Å². The number of aliphatic carboxylic acids is 1. The molecular weight excluding hydrogens is 686 g/mol. The molecule has 0 spiro atoms. The second kappa shape index (κ2) is 15.4. The average molecular weight is 721 g/mol. The number of aromatic nitrogens is 2. The molecular formula is C34H34F6N6O5. The minimum absolute atomic E-state index is 0.00385. The zero-order chi connectivity index (χ0) is 36.9. The molecule has 1 amide bonds. The summed E-state index contributed by atoms with van der Waals surface area (Å²) in [6.07, 6.45) is -7.39. The lowest BCUT2D eigenvalue weighted by Crippen LogP contribution is -2.48. The standard InChI is InChI=1S/C34H34F6N6O5/c1-2-25-16-29(27-15-23(33(35,36)37)5-6-28(27)46(25)32(49)51-9-3-4-30(47)48)45(20-22-12-21(17-41)13-24(14-22)34(38,39)40)31-42-18-26(19-43-31)44-7-10-50-11-8-44/h5-6,12-15,18-19,25,29H,2-4,7-11,16,20H2,1H3,(H,47,48)/t25-,29+/m1/s1. The van der Waals surface area contributed by atoms with Crippen molar-refractivity contribution in [1.29, 1.82) is 5.26 Å². The number of carboxylic acid groups (broad SMARTS) is 1. The van der Waals surface area contributed by atoms with Crippen LogP contribution in [0.5, 0.6) is 0 Å². The number of carbonyl (C=O) groups is 2. The van der Waals surface area contributed by atoms with Gasteiger partial charge in [-0.1, -0.05) is 6.92 Å². The summed E-state index contributed by atoms with van der Waals surface area (Å²) in [5, 5.41) is 18.5. The van der Waals surface area contributed by atoms with Crippen molar-refractivity contribution in [3.8, 4) is 6.07 Å². The smallest absolute Gasteiger partial charge is 0.416 e. The van der Waals surface area contributed by atoms with Crippen LogP contribution in [0, 0.1) is 11.3 Å². The molecule has 2 aromatic carbocycles. The molecule has 0 aliphatic carbocycles. The van der Waals surface area contributed by atoms with E-state index in [0.29, 0.717) is 44.5 Å². The van der Waals surface area contributed by atoms with Crippen molar-refractivity contribution < 1.29 is 50.5 Å². The van der Waals surface area contributed by atoms with Crippen LogP contribution in [0.4, 0.5) is 48.5 Å². The van der Waals surface area contributed by atoms with Gasteiger partial charge in [0, 0.05) is 32.1 Å². The van der Waals surface area contributed by atoms with E-state index in [9.17, 15) is 41.2 Å². The molecule has 0 unspecified atom stereocenters. The number of carbonyl (C=O) groups excluding carboxylic acids is 1. The summed E-state index contributed by atoms with van der Waals surface area (Å²) >= 11 is 0. The number of alkyl halides is 6. The topological polar surface area (TPSA) is 132 Å². The van der Waals surface area contributed by atoms with Gasteiger partial charge in [-0.3, -0.25) is 9.69 Å². The number of hydrogen-bond donors (Lipinski definition) is 1. The third-order valence-electron chi connectivity index (χ3n) is 8.70. The molecule has 11 nitrogen and oxygen atoms in total. The number of rotatable bonds is 10. The van der Waals surface area contributed by atoms with Gasteiger partial charge in [-0.05, 0) is 66.8 Å². The molecule has 2 aliphatic heterocycles. The number of anilines is 3. The minimum Gasteiger partial charge on any atom is -0.481 e. The van der Waals surface area contributed by atoms with E-state index in [1.54, 1.807) is 13.0 Å². The molecule has 0 saturated carbocycles. The number of morpholine rings is 1. The van der Waals surface area contributed by atoms with Crippen LogP contribution in [0.25, 0.3) is 0 Å². The highest BCUT2D eigenvalue weighted by molar-refractivity contribution is 5.90. The summed E-state index contributed by atoms with van der Waals surface area (Å²) in [5.41, 5.74) is -1.60. The molecule has 17 heteroatoms. The lowest BCUT2D eigenvalue weighted by Gasteiger charge is -2.44. The Hall–Kier alpha value is -5.11. The van der Waals surface area contributed by atoms with Crippen molar-refractivity contribution in [2.45, 2.75) is 63.6 Å². The van der Waals surface area contributed by atoms with Gasteiger partial charge in [0.25, 0.3) is 0 Å². The number of nitrogens with zero attached hydrogens (tertiary/aromatic N) is 6. The predicted octanol–water partition coefficient (Wildman–Crippen LogP) is 6.96. The molecule has 3 aromatic rings. The van der Waals surface area contributed by atoms with Gasteiger partial charge in [0.05, 0.1) is 72.4 Å². The van der Waals surface area contributed by atoms with Crippen LogP contribution in [-0.2, 0) is 33.2 Å². The van der Waals surface area contributed by atoms with Crippen molar-refractivity contribution in [2.24, 2.45) is 0 Å². The maximum Gasteiger partial charge on any atom is 0.416 e. The maximum absolute atomic E-state index is 14.1. The zero-order valence-electron chi connectivity index (χ0n) is 27.4. The molecule has 3 heterocycles. The largest absolute Gasteiger partial charge is 0.481 e. The fourth-order valence-corrected chi connectivity index (χ4v) is 6.22. The number of amides is 1. The van der Waals surface area contributed by atoms with Crippen molar-refractivity contribution in [3.05, 3.63) is 76.6 Å². The van der Waals surface area contributed by atoms with Crippen molar-refractivity contribution in [1.82, 2.24) is 9.97 Å². The van der Waals surface area contributed by atoms with Gasteiger partial charge < -0.3 is 24.4 Å². The molecule has 2 aliphatic rings. The first-order valence-electron chi connectivity index (χ1n) is 16.1. The molecule has 0 bridgehead atoms. The molecule has 1 fully saturated rings. The van der Waals surface area contributed by atoms with Gasteiger partial charge in [-0.25, -0.2) is 14.8 Å². The van der Waals surface area contributed by atoms with Crippen LogP contribution in [0.2, 0.25) is 0 Å². The zero-order valence-corrected chi connectivity index (χ0v) is 27.4.